The summed E-state index contributed by atoms with van der Waals surface area (Å²) in [4.78, 5) is 17.1. The summed E-state index contributed by atoms with van der Waals surface area (Å²) in [5.41, 5.74) is 3.27. The minimum atomic E-state index is 0.0502. The maximum Gasteiger partial charge on any atom is 0.336 e. The number of anilines is 1. The first kappa shape index (κ1) is 25.1. The summed E-state index contributed by atoms with van der Waals surface area (Å²) in [5.74, 6) is 1.49. The standard InChI is InChI=1S/C28H26Cl2N4O3/c1-36-23-11-8-18(9-12-23)14-15-37-28-32-26(20-10-13-24(29)25(30)16-20)34(33-28)22-7-3-6-21(17-22)31-27(35)19-4-2-5-19/h3,6-13,16-17,19H,2,4-5,14-15H2,1H3,(H,31,35). The fraction of sp³-hybridized carbons (Fsp3) is 0.250. The average Bonchev–Trinajstić information content (AvgIpc) is 3.29. The normalized spacial score (nSPS) is 13.2. The van der Waals surface area contributed by atoms with Crippen LogP contribution in [0.1, 0.15) is 24.8 Å². The van der Waals surface area contributed by atoms with E-state index in [1.54, 1.807) is 23.9 Å². The van der Waals surface area contributed by atoms with Crippen LogP contribution in [-0.4, -0.2) is 34.4 Å². The minimum Gasteiger partial charge on any atom is -0.497 e. The number of aromatic nitrogens is 3. The lowest BCUT2D eigenvalue weighted by Crippen LogP contribution is -2.28. The number of hydrogen-bond donors (Lipinski definition) is 1. The van der Waals surface area contributed by atoms with Gasteiger partial charge in [-0.2, -0.15) is 4.98 Å². The van der Waals surface area contributed by atoms with Crippen LogP contribution < -0.4 is 14.8 Å². The third kappa shape index (κ3) is 5.89. The van der Waals surface area contributed by atoms with E-state index in [9.17, 15) is 4.79 Å². The van der Waals surface area contributed by atoms with Crippen LogP contribution >= 0.6 is 23.2 Å². The molecule has 0 spiro atoms. The van der Waals surface area contributed by atoms with Crippen molar-refractivity contribution in [2.24, 2.45) is 5.92 Å². The van der Waals surface area contributed by atoms with Gasteiger partial charge in [-0.15, -0.1) is 5.10 Å². The van der Waals surface area contributed by atoms with E-state index in [2.05, 4.69) is 15.4 Å². The summed E-state index contributed by atoms with van der Waals surface area (Å²) in [6.45, 7) is 0.397. The van der Waals surface area contributed by atoms with Gasteiger partial charge in [0.1, 0.15) is 5.75 Å². The van der Waals surface area contributed by atoms with E-state index in [-0.39, 0.29) is 17.8 Å². The van der Waals surface area contributed by atoms with E-state index < -0.39 is 0 Å². The molecular weight excluding hydrogens is 511 g/mol. The zero-order valence-electron chi connectivity index (χ0n) is 20.3. The van der Waals surface area contributed by atoms with Gasteiger partial charge in [0.25, 0.3) is 0 Å². The molecule has 4 aromatic rings. The molecule has 7 nitrogen and oxygen atoms in total. The Kier molecular flexibility index (Phi) is 7.63. The van der Waals surface area contributed by atoms with Crippen LogP contribution in [0.15, 0.2) is 66.7 Å². The Morgan fingerprint density at radius 1 is 1.05 bits per heavy atom. The zero-order chi connectivity index (χ0) is 25.8. The molecule has 0 bridgehead atoms. The van der Waals surface area contributed by atoms with Gasteiger partial charge in [0.15, 0.2) is 5.82 Å². The number of nitrogens with one attached hydrogen (secondary N) is 1. The number of carbonyl (C=O) groups excluding carboxylic acids is 1. The minimum absolute atomic E-state index is 0.0502. The fourth-order valence-electron chi connectivity index (χ4n) is 4.04. The first-order valence-corrected chi connectivity index (χ1v) is 12.9. The number of benzene rings is 3. The van der Waals surface area contributed by atoms with Gasteiger partial charge in [-0.1, -0.05) is 47.8 Å². The van der Waals surface area contributed by atoms with Crippen molar-refractivity contribution < 1.29 is 14.3 Å². The van der Waals surface area contributed by atoms with Crippen molar-refractivity contribution in [2.75, 3.05) is 19.0 Å². The highest BCUT2D eigenvalue weighted by Gasteiger charge is 2.25. The molecule has 0 radical (unpaired) electrons. The van der Waals surface area contributed by atoms with Crippen LogP contribution in [0.5, 0.6) is 11.8 Å². The Balaban J connectivity index is 1.40. The van der Waals surface area contributed by atoms with Gasteiger partial charge in [0.2, 0.25) is 5.91 Å². The van der Waals surface area contributed by atoms with Gasteiger partial charge in [-0.3, -0.25) is 4.79 Å². The molecule has 37 heavy (non-hydrogen) atoms. The molecule has 1 fully saturated rings. The second-order valence-corrected chi connectivity index (χ2v) is 9.69. The Hall–Kier alpha value is -3.55. The monoisotopic (exact) mass is 536 g/mol. The predicted molar refractivity (Wildman–Crippen MR) is 145 cm³/mol. The van der Waals surface area contributed by atoms with E-state index >= 15 is 0 Å². The molecule has 1 aromatic heterocycles. The fourth-order valence-corrected chi connectivity index (χ4v) is 4.34. The van der Waals surface area contributed by atoms with Crippen molar-refractivity contribution in [3.8, 4) is 28.8 Å². The van der Waals surface area contributed by atoms with E-state index in [1.165, 1.54) is 0 Å². The summed E-state index contributed by atoms with van der Waals surface area (Å²) < 4.78 is 12.8. The molecule has 1 amide bonds. The van der Waals surface area contributed by atoms with E-state index in [0.717, 1.165) is 41.8 Å². The largest absolute Gasteiger partial charge is 0.497 e. The van der Waals surface area contributed by atoms with Crippen LogP contribution in [0.25, 0.3) is 17.1 Å². The Morgan fingerprint density at radius 2 is 1.86 bits per heavy atom. The van der Waals surface area contributed by atoms with E-state index in [0.29, 0.717) is 34.6 Å². The SMILES string of the molecule is COc1ccc(CCOc2nc(-c3ccc(Cl)c(Cl)c3)n(-c3cccc(NC(=O)C4CCC4)c3)n2)cc1. The molecule has 1 N–H and O–H groups in total. The summed E-state index contributed by atoms with van der Waals surface area (Å²) in [5, 5.41) is 8.51. The molecular formula is C28H26Cl2N4O3. The molecule has 3 aromatic carbocycles. The summed E-state index contributed by atoms with van der Waals surface area (Å²) in [7, 11) is 1.64. The first-order valence-electron chi connectivity index (χ1n) is 12.1. The van der Waals surface area contributed by atoms with E-state index in [4.69, 9.17) is 32.7 Å². The number of carbonyl (C=O) groups is 1. The summed E-state index contributed by atoms with van der Waals surface area (Å²) >= 11 is 12.4. The molecule has 0 unspecified atom stereocenters. The van der Waals surface area contributed by atoms with Gasteiger partial charge in [-0.25, -0.2) is 4.68 Å². The number of nitrogens with zero attached hydrogens (tertiary/aromatic N) is 3. The van der Waals surface area contributed by atoms with Gasteiger partial charge >= 0.3 is 6.01 Å². The molecule has 0 atom stereocenters. The number of amides is 1. The number of rotatable bonds is 9. The number of hydrogen-bond acceptors (Lipinski definition) is 5. The highest BCUT2D eigenvalue weighted by atomic mass is 35.5. The number of ether oxygens (including phenoxy) is 2. The highest BCUT2D eigenvalue weighted by molar-refractivity contribution is 6.42. The second kappa shape index (κ2) is 11.2. The summed E-state index contributed by atoms with van der Waals surface area (Å²) in [6, 6.07) is 20.9. The van der Waals surface area contributed by atoms with Crippen molar-refractivity contribution in [1.82, 2.24) is 14.8 Å². The first-order chi connectivity index (χ1) is 18.0. The van der Waals surface area contributed by atoms with Crippen LogP contribution in [0, 0.1) is 5.92 Å². The topological polar surface area (TPSA) is 78.3 Å². The molecule has 190 valence electrons. The van der Waals surface area contributed by atoms with Crippen LogP contribution in [0.3, 0.4) is 0 Å². The molecule has 5 rings (SSSR count). The molecule has 0 saturated heterocycles. The Morgan fingerprint density at radius 3 is 2.57 bits per heavy atom. The zero-order valence-corrected chi connectivity index (χ0v) is 21.8. The summed E-state index contributed by atoms with van der Waals surface area (Å²) in [6.07, 6.45) is 3.66. The number of methoxy groups -OCH3 is 1. The van der Waals surface area contributed by atoms with Crippen molar-refractivity contribution in [1.29, 1.82) is 0 Å². The maximum absolute atomic E-state index is 12.5. The quantitative estimate of drug-likeness (QED) is 0.260. The van der Waals surface area contributed by atoms with Gasteiger partial charge in [0.05, 0.1) is 29.4 Å². The van der Waals surface area contributed by atoms with Crippen LogP contribution in [-0.2, 0) is 11.2 Å². The molecule has 1 saturated carbocycles. The molecule has 0 aliphatic heterocycles. The lowest BCUT2D eigenvalue weighted by atomic mass is 9.85. The second-order valence-electron chi connectivity index (χ2n) is 8.87. The molecule has 1 aliphatic rings. The van der Waals surface area contributed by atoms with E-state index in [1.807, 2.05) is 54.6 Å². The maximum atomic E-state index is 12.5. The molecule has 1 heterocycles. The van der Waals surface area contributed by atoms with Crippen LogP contribution in [0.4, 0.5) is 5.69 Å². The van der Waals surface area contributed by atoms with Crippen molar-refractivity contribution >= 4 is 34.8 Å². The van der Waals surface area contributed by atoms with Crippen LogP contribution in [0.2, 0.25) is 10.0 Å². The van der Waals surface area contributed by atoms with Gasteiger partial charge in [-0.05, 0) is 66.9 Å². The lowest BCUT2D eigenvalue weighted by molar-refractivity contribution is -0.122. The third-order valence-corrected chi connectivity index (χ3v) is 7.12. The van der Waals surface area contributed by atoms with Gasteiger partial charge in [0, 0.05) is 23.6 Å². The smallest absolute Gasteiger partial charge is 0.336 e. The van der Waals surface area contributed by atoms with Crippen molar-refractivity contribution in [3.05, 3.63) is 82.3 Å². The van der Waals surface area contributed by atoms with Crippen molar-refractivity contribution in [2.45, 2.75) is 25.7 Å². The average molecular weight is 537 g/mol. The third-order valence-electron chi connectivity index (χ3n) is 6.38. The Bertz CT molecular complexity index is 1400. The van der Waals surface area contributed by atoms with Gasteiger partial charge < -0.3 is 14.8 Å². The lowest BCUT2D eigenvalue weighted by Gasteiger charge is -2.24. The number of halogens is 2. The highest BCUT2D eigenvalue weighted by Crippen LogP contribution is 2.31. The molecule has 9 heteroatoms. The predicted octanol–water partition coefficient (Wildman–Crippen LogP) is 6.61. The van der Waals surface area contributed by atoms with Crippen molar-refractivity contribution in [3.63, 3.8) is 0 Å². The Labute approximate surface area is 225 Å². The molecule has 1 aliphatic carbocycles.